The third-order valence-electron chi connectivity index (χ3n) is 2.52. The number of ether oxygens (including phenoxy) is 1. The molecule has 0 bridgehead atoms. The molecule has 0 amide bonds. The lowest BCUT2D eigenvalue weighted by atomic mass is 10.2. The minimum atomic E-state index is -0.984. The summed E-state index contributed by atoms with van der Waals surface area (Å²) in [5.74, 6) is -0.446. The van der Waals surface area contributed by atoms with E-state index in [1.807, 2.05) is 18.2 Å². The van der Waals surface area contributed by atoms with Gasteiger partial charge in [-0.2, -0.15) is 0 Å². The van der Waals surface area contributed by atoms with Crippen molar-refractivity contribution in [2.24, 2.45) is 0 Å². The number of pyridine rings is 1. The maximum absolute atomic E-state index is 11.0. The maximum Gasteiger partial charge on any atom is 0.336 e. The lowest BCUT2D eigenvalue weighted by molar-refractivity contribution is 0.0695. The van der Waals surface area contributed by atoms with E-state index in [0.29, 0.717) is 23.2 Å². The number of nitrogens with zero attached hydrogens (tertiary/aromatic N) is 1. The monoisotopic (exact) mass is 321 g/mol. The first-order valence-electron chi connectivity index (χ1n) is 5.72. The third-order valence-corrected chi connectivity index (χ3v) is 3.21. The van der Waals surface area contributed by atoms with Gasteiger partial charge in [-0.25, -0.2) is 4.79 Å². The van der Waals surface area contributed by atoms with Gasteiger partial charge in [0.15, 0.2) is 0 Å². The molecule has 4 nitrogen and oxygen atoms in total. The molecule has 0 saturated carbocycles. The van der Waals surface area contributed by atoms with Crippen molar-refractivity contribution < 1.29 is 14.6 Å². The highest BCUT2D eigenvalue weighted by Gasteiger charge is 2.09. The minimum Gasteiger partial charge on any atom is -0.493 e. The molecular formula is C14H12BrNO3. The van der Waals surface area contributed by atoms with Crippen LogP contribution in [0.3, 0.4) is 0 Å². The Balaban J connectivity index is 1.97. The second-order valence-electron chi connectivity index (χ2n) is 3.87. The number of benzene rings is 1. The van der Waals surface area contributed by atoms with Crippen molar-refractivity contribution in [2.45, 2.75) is 6.42 Å². The van der Waals surface area contributed by atoms with Gasteiger partial charge >= 0.3 is 5.97 Å². The average molecular weight is 322 g/mol. The lowest BCUT2D eigenvalue weighted by Gasteiger charge is -2.07. The van der Waals surface area contributed by atoms with Gasteiger partial charge in [-0.05, 0) is 46.3 Å². The fourth-order valence-electron chi connectivity index (χ4n) is 1.58. The number of hydrogen-bond acceptors (Lipinski definition) is 3. The van der Waals surface area contributed by atoms with E-state index < -0.39 is 5.97 Å². The molecule has 0 aliphatic rings. The Labute approximate surface area is 119 Å². The van der Waals surface area contributed by atoms with E-state index in [9.17, 15) is 4.79 Å². The zero-order valence-electron chi connectivity index (χ0n) is 10.0. The highest BCUT2D eigenvalue weighted by atomic mass is 79.9. The van der Waals surface area contributed by atoms with Gasteiger partial charge in [-0.15, -0.1) is 0 Å². The first-order chi connectivity index (χ1) is 9.16. The molecule has 1 heterocycles. The summed E-state index contributed by atoms with van der Waals surface area (Å²) in [7, 11) is 0. The van der Waals surface area contributed by atoms with Crippen molar-refractivity contribution in [3.63, 3.8) is 0 Å². The maximum atomic E-state index is 11.0. The van der Waals surface area contributed by atoms with Crippen LogP contribution in [-0.2, 0) is 6.42 Å². The molecule has 2 aromatic rings. The van der Waals surface area contributed by atoms with E-state index in [2.05, 4.69) is 20.9 Å². The van der Waals surface area contributed by atoms with Gasteiger partial charge in [0.2, 0.25) is 0 Å². The van der Waals surface area contributed by atoms with Crippen LogP contribution >= 0.6 is 15.9 Å². The molecule has 1 aromatic carbocycles. The second kappa shape index (κ2) is 6.33. The molecule has 1 aromatic heterocycles. The minimum absolute atomic E-state index is 0.190. The highest BCUT2D eigenvalue weighted by Crippen LogP contribution is 2.22. The Morgan fingerprint density at radius 3 is 2.84 bits per heavy atom. The van der Waals surface area contributed by atoms with Crippen LogP contribution in [-0.4, -0.2) is 22.7 Å². The summed E-state index contributed by atoms with van der Waals surface area (Å²) in [5.41, 5.74) is 1.13. The van der Waals surface area contributed by atoms with E-state index >= 15 is 0 Å². The van der Waals surface area contributed by atoms with E-state index in [1.54, 1.807) is 18.3 Å². The largest absolute Gasteiger partial charge is 0.493 e. The Morgan fingerprint density at radius 1 is 1.32 bits per heavy atom. The van der Waals surface area contributed by atoms with Gasteiger partial charge in [0.1, 0.15) is 5.75 Å². The van der Waals surface area contributed by atoms with E-state index in [0.717, 1.165) is 5.69 Å². The van der Waals surface area contributed by atoms with Crippen molar-refractivity contribution in [1.29, 1.82) is 0 Å². The van der Waals surface area contributed by atoms with Crippen LogP contribution in [0, 0.1) is 0 Å². The van der Waals surface area contributed by atoms with Crippen molar-refractivity contribution in [1.82, 2.24) is 4.98 Å². The fourth-order valence-corrected chi connectivity index (χ4v) is 1.99. The first-order valence-corrected chi connectivity index (χ1v) is 6.51. The molecular weight excluding hydrogens is 310 g/mol. The number of hydrogen-bond donors (Lipinski definition) is 1. The normalized spacial score (nSPS) is 10.2. The quantitative estimate of drug-likeness (QED) is 0.918. The number of aromatic carboxylic acids is 1. The molecule has 5 heteroatoms. The standard InChI is InChI=1S/C14H12BrNO3/c15-13-5-4-11(9-12(13)14(17)18)19-8-6-10-3-1-2-7-16-10/h1-5,7,9H,6,8H2,(H,17,18). The Bertz CT molecular complexity index is 572. The van der Waals surface area contributed by atoms with Crippen LogP contribution in [0.25, 0.3) is 0 Å². The van der Waals surface area contributed by atoms with Crippen LogP contribution < -0.4 is 4.74 Å². The molecule has 0 spiro atoms. The summed E-state index contributed by atoms with van der Waals surface area (Å²) in [6, 6.07) is 10.6. The fraction of sp³-hybridized carbons (Fsp3) is 0.143. The third kappa shape index (κ3) is 3.79. The van der Waals surface area contributed by atoms with Crippen molar-refractivity contribution >= 4 is 21.9 Å². The zero-order valence-corrected chi connectivity index (χ0v) is 11.6. The van der Waals surface area contributed by atoms with E-state index in [-0.39, 0.29) is 5.56 Å². The van der Waals surface area contributed by atoms with Crippen molar-refractivity contribution in [2.75, 3.05) is 6.61 Å². The molecule has 0 fully saturated rings. The Morgan fingerprint density at radius 2 is 2.16 bits per heavy atom. The molecule has 0 aliphatic carbocycles. The lowest BCUT2D eigenvalue weighted by Crippen LogP contribution is -2.04. The number of rotatable bonds is 5. The zero-order chi connectivity index (χ0) is 13.7. The van der Waals surface area contributed by atoms with Gasteiger partial charge in [-0.1, -0.05) is 6.07 Å². The molecule has 0 aliphatic heterocycles. The molecule has 98 valence electrons. The summed E-state index contributed by atoms with van der Waals surface area (Å²) >= 11 is 3.19. The smallest absolute Gasteiger partial charge is 0.336 e. The number of carbonyl (C=O) groups is 1. The molecule has 0 atom stereocenters. The predicted octanol–water partition coefficient (Wildman–Crippen LogP) is 3.16. The Kier molecular flexibility index (Phi) is 4.52. The molecule has 0 radical (unpaired) electrons. The molecule has 0 saturated heterocycles. The van der Waals surface area contributed by atoms with Crippen LogP contribution in [0.4, 0.5) is 0 Å². The van der Waals surface area contributed by atoms with Gasteiger partial charge in [0.25, 0.3) is 0 Å². The first kappa shape index (κ1) is 13.5. The van der Waals surface area contributed by atoms with Crippen molar-refractivity contribution in [3.8, 4) is 5.75 Å². The summed E-state index contributed by atoms with van der Waals surface area (Å²) < 4.78 is 6.07. The summed E-state index contributed by atoms with van der Waals surface area (Å²) in [4.78, 5) is 15.2. The molecule has 1 N–H and O–H groups in total. The van der Waals surface area contributed by atoms with Gasteiger partial charge in [0, 0.05) is 22.8 Å². The van der Waals surface area contributed by atoms with Gasteiger partial charge < -0.3 is 9.84 Å². The van der Waals surface area contributed by atoms with Crippen LogP contribution in [0.5, 0.6) is 5.75 Å². The number of aromatic nitrogens is 1. The molecule has 2 rings (SSSR count). The van der Waals surface area contributed by atoms with Crippen LogP contribution in [0.1, 0.15) is 16.1 Å². The molecule has 19 heavy (non-hydrogen) atoms. The summed E-state index contributed by atoms with van der Waals surface area (Å²) in [6.07, 6.45) is 2.41. The highest BCUT2D eigenvalue weighted by molar-refractivity contribution is 9.10. The number of carboxylic acids is 1. The predicted molar refractivity (Wildman–Crippen MR) is 74.5 cm³/mol. The number of halogens is 1. The second-order valence-corrected chi connectivity index (χ2v) is 4.72. The van der Waals surface area contributed by atoms with Gasteiger partial charge in [0.05, 0.1) is 12.2 Å². The Hall–Kier alpha value is -1.88. The van der Waals surface area contributed by atoms with Crippen LogP contribution in [0.15, 0.2) is 47.1 Å². The number of carboxylic acid groups (broad SMARTS) is 1. The SMILES string of the molecule is O=C(O)c1cc(OCCc2ccccn2)ccc1Br. The van der Waals surface area contributed by atoms with Crippen molar-refractivity contribution in [3.05, 3.63) is 58.3 Å². The summed E-state index contributed by atoms with van der Waals surface area (Å²) in [6.45, 7) is 0.456. The summed E-state index contributed by atoms with van der Waals surface area (Å²) in [5, 5.41) is 9.00. The molecule has 0 unspecified atom stereocenters. The van der Waals surface area contributed by atoms with Gasteiger partial charge in [-0.3, -0.25) is 4.98 Å². The average Bonchev–Trinajstić information content (AvgIpc) is 2.41. The van der Waals surface area contributed by atoms with Crippen LogP contribution in [0.2, 0.25) is 0 Å². The van der Waals surface area contributed by atoms with E-state index in [4.69, 9.17) is 9.84 Å². The van der Waals surface area contributed by atoms with E-state index in [1.165, 1.54) is 6.07 Å². The topological polar surface area (TPSA) is 59.4 Å².